The van der Waals surface area contributed by atoms with E-state index >= 15 is 0 Å². The Kier molecular flexibility index (Phi) is 51.4. The number of rotatable bonds is 56. The fourth-order valence-corrected chi connectivity index (χ4v) is 8.80. The van der Waals surface area contributed by atoms with Crippen LogP contribution in [0, 0.1) is 0 Å². The average Bonchev–Trinajstić information content (AvgIpc) is 3.33. The van der Waals surface area contributed by atoms with Gasteiger partial charge >= 0.3 is 11.9 Å². The van der Waals surface area contributed by atoms with Gasteiger partial charge in [0, 0.05) is 12.8 Å². The Balaban J connectivity index is 4.12. The highest BCUT2D eigenvalue weighted by atomic mass is 16.7. The molecule has 0 aliphatic rings. The summed E-state index contributed by atoms with van der Waals surface area (Å²) in [6, 6.07) is 0. The van der Waals surface area contributed by atoms with E-state index in [4.69, 9.17) is 18.9 Å². The van der Waals surface area contributed by atoms with E-state index in [0.717, 1.165) is 51.4 Å². The summed E-state index contributed by atoms with van der Waals surface area (Å²) in [6.45, 7) is 4.76. The van der Waals surface area contributed by atoms with Crippen LogP contribution in [0.5, 0.6) is 0 Å². The summed E-state index contributed by atoms with van der Waals surface area (Å²) in [4.78, 5) is 37.3. The van der Waals surface area contributed by atoms with Crippen molar-refractivity contribution in [1.82, 2.24) is 0 Å². The van der Waals surface area contributed by atoms with Crippen LogP contribution in [-0.2, 0) is 33.3 Å². The molecule has 0 saturated heterocycles. The zero-order chi connectivity index (χ0) is 51.3. The topological polar surface area (TPSA) is 111 Å². The standard InChI is InChI=1S/C61H115NO8/c1-6-8-10-12-14-16-18-20-22-24-25-26-27-28-29-30-31-32-33-34-36-37-39-41-43-45-47-49-51-58(63)68-55-57(56-69-61(60(65)66)67-54-53-62(3,4)5)70-59(64)52-50-48-46-44-42-40-38-35-23-21-19-17-15-13-11-9-7-2/h15,17,21,23,57,61H,6-14,16,18-20,22,24-56H2,1-5H3/b17-15-,23-21-. The molecule has 9 heteroatoms. The van der Waals surface area contributed by atoms with Crippen LogP contribution in [0.25, 0.3) is 0 Å². The van der Waals surface area contributed by atoms with E-state index in [2.05, 4.69) is 38.2 Å². The summed E-state index contributed by atoms with van der Waals surface area (Å²) in [5.41, 5.74) is 0. The van der Waals surface area contributed by atoms with Crippen LogP contribution in [0.3, 0.4) is 0 Å². The van der Waals surface area contributed by atoms with Gasteiger partial charge < -0.3 is 33.3 Å². The first-order valence-corrected chi connectivity index (χ1v) is 30.0. The lowest BCUT2D eigenvalue weighted by Crippen LogP contribution is -2.44. The van der Waals surface area contributed by atoms with Crippen molar-refractivity contribution in [3.8, 4) is 0 Å². The molecular weight excluding hydrogens is 875 g/mol. The van der Waals surface area contributed by atoms with Crippen LogP contribution >= 0.6 is 0 Å². The van der Waals surface area contributed by atoms with Gasteiger partial charge in [-0.15, -0.1) is 0 Å². The van der Waals surface area contributed by atoms with Gasteiger partial charge in [-0.2, -0.15) is 0 Å². The summed E-state index contributed by atoms with van der Waals surface area (Å²) in [5, 5.41) is 11.8. The minimum atomic E-state index is -1.62. The second kappa shape index (κ2) is 53.1. The van der Waals surface area contributed by atoms with Gasteiger partial charge in [0.15, 0.2) is 12.4 Å². The molecule has 70 heavy (non-hydrogen) atoms. The lowest BCUT2D eigenvalue weighted by Gasteiger charge is -2.26. The molecule has 0 amide bonds. The van der Waals surface area contributed by atoms with Gasteiger partial charge in [0.05, 0.1) is 40.3 Å². The Labute approximate surface area is 433 Å². The molecule has 0 bridgehead atoms. The molecule has 9 nitrogen and oxygen atoms in total. The molecule has 0 heterocycles. The molecule has 0 aliphatic heterocycles. The number of ether oxygens (including phenoxy) is 4. The smallest absolute Gasteiger partial charge is 0.306 e. The van der Waals surface area contributed by atoms with Crippen molar-refractivity contribution in [2.45, 2.75) is 302 Å². The van der Waals surface area contributed by atoms with Crippen LogP contribution in [0.1, 0.15) is 290 Å². The number of unbranched alkanes of at least 4 members (excludes halogenated alkanes) is 37. The molecule has 0 fully saturated rings. The molecule has 0 aromatic heterocycles. The molecule has 2 atom stereocenters. The molecule has 0 aromatic rings. The molecule has 0 aliphatic carbocycles. The van der Waals surface area contributed by atoms with Crippen molar-refractivity contribution in [1.29, 1.82) is 0 Å². The fourth-order valence-electron chi connectivity index (χ4n) is 8.80. The number of carbonyl (C=O) groups excluding carboxylic acids is 3. The summed E-state index contributed by atoms with van der Waals surface area (Å²) in [5.74, 6) is -2.27. The van der Waals surface area contributed by atoms with Gasteiger partial charge in [-0.05, 0) is 44.9 Å². The van der Waals surface area contributed by atoms with Crippen LogP contribution in [0.2, 0.25) is 0 Å². The molecular formula is C61H115NO8. The van der Waals surface area contributed by atoms with Crippen LogP contribution in [-0.4, -0.2) is 82.3 Å². The highest BCUT2D eigenvalue weighted by Gasteiger charge is 2.22. The maximum Gasteiger partial charge on any atom is 0.306 e. The lowest BCUT2D eigenvalue weighted by atomic mass is 10.0. The molecule has 0 aromatic carbocycles. The number of carboxylic acid groups (broad SMARTS) is 1. The largest absolute Gasteiger partial charge is 0.545 e. The van der Waals surface area contributed by atoms with Gasteiger partial charge in [-0.25, -0.2) is 0 Å². The zero-order valence-corrected chi connectivity index (χ0v) is 46.9. The summed E-state index contributed by atoms with van der Waals surface area (Å²) in [7, 11) is 5.93. The highest BCUT2D eigenvalue weighted by molar-refractivity contribution is 5.70. The number of aliphatic carboxylic acids is 1. The zero-order valence-electron chi connectivity index (χ0n) is 46.9. The van der Waals surface area contributed by atoms with Crippen LogP contribution < -0.4 is 5.11 Å². The summed E-state index contributed by atoms with van der Waals surface area (Å²) in [6.07, 6.45) is 59.5. The van der Waals surface area contributed by atoms with Gasteiger partial charge in [0.1, 0.15) is 13.2 Å². The minimum Gasteiger partial charge on any atom is -0.545 e. The van der Waals surface area contributed by atoms with E-state index in [1.54, 1.807) is 0 Å². The number of esters is 2. The Morgan fingerprint density at radius 3 is 1.16 bits per heavy atom. The Morgan fingerprint density at radius 2 is 0.771 bits per heavy atom. The number of hydrogen-bond acceptors (Lipinski definition) is 8. The highest BCUT2D eigenvalue weighted by Crippen LogP contribution is 2.18. The third-order valence-corrected chi connectivity index (χ3v) is 13.5. The molecule has 0 radical (unpaired) electrons. The van der Waals surface area contributed by atoms with Crippen molar-refractivity contribution in [2.75, 3.05) is 47.5 Å². The number of hydrogen-bond donors (Lipinski definition) is 0. The van der Waals surface area contributed by atoms with E-state index in [9.17, 15) is 19.5 Å². The Morgan fingerprint density at radius 1 is 0.429 bits per heavy atom. The number of allylic oxidation sites excluding steroid dienone is 4. The van der Waals surface area contributed by atoms with Crippen LogP contribution in [0.15, 0.2) is 24.3 Å². The van der Waals surface area contributed by atoms with Gasteiger partial charge in [0.25, 0.3) is 0 Å². The van der Waals surface area contributed by atoms with E-state index < -0.39 is 24.3 Å². The van der Waals surface area contributed by atoms with Gasteiger partial charge in [-0.1, -0.05) is 256 Å². The first-order chi connectivity index (χ1) is 34.1. The number of carbonyl (C=O) groups is 3. The maximum absolute atomic E-state index is 12.8. The quantitative estimate of drug-likeness (QED) is 0.0195. The Hall–Kier alpha value is -2.23. The normalized spacial score (nSPS) is 12.9. The monoisotopic (exact) mass is 990 g/mol. The van der Waals surface area contributed by atoms with Crippen molar-refractivity contribution in [2.24, 2.45) is 0 Å². The van der Waals surface area contributed by atoms with E-state index in [1.807, 2.05) is 21.1 Å². The predicted octanol–water partition coefficient (Wildman–Crippen LogP) is 16.2. The first-order valence-electron chi connectivity index (χ1n) is 30.0. The van der Waals surface area contributed by atoms with E-state index in [0.29, 0.717) is 23.9 Å². The predicted molar refractivity (Wildman–Crippen MR) is 293 cm³/mol. The molecule has 0 N–H and O–H groups in total. The van der Waals surface area contributed by atoms with Crippen molar-refractivity contribution < 1.29 is 42.9 Å². The van der Waals surface area contributed by atoms with Gasteiger partial charge in [0.2, 0.25) is 0 Å². The van der Waals surface area contributed by atoms with Crippen LogP contribution in [0.4, 0.5) is 0 Å². The number of nitrogens with zero attached hydrogens (tertiary/aromatic N) is 1. The van der Waals surface area contributed by atoms with Crippen molar-refractivity contribution in [3.63, 3.8) is 0 Å². The third kappa shape index (κ3) is 53.6. The lowest BCUT2D eigenvalue weighted by molar-refractivity contribution is -0.870. The number of likely N-dealkylation sites (N-methyl/N-ethyl adjacent to an activating group) is 1. The molecule has 412 valence electrons. The van der Waals surface area contributed by atoms with E-state index in [1.165, 1.54) is 205 Å². The van der Waals surface area contributed by atoms with Crippen molar-refractivity contribution >= 4 is 17.9 Å². The maximum atomic E-state index is 12.8. The molecule has 2 unspecified atom stereocenters. The van der Waals surface area contributed by atoms with E-state index in [-0.39, 0.29) is 32.2 Å². The average molecular weight is 991 g/mol. The second-order valence-electron chi connectivity index (χ2n) is 21.6. The third-order valence-electron chi connectivity index (χ3n) is 13.5. The minimum absolute atomic E-state index is 0.148. The van der Waals surface area contributed by atoms with Gasteiger partial charge in [-0.3, -0.25) is 9.59 Å². The molecule has 0 rings (SSSR count). The number of carboxylic acids is 1. The second-order valence-corrected chi connectivity index (χ2v) is 21.6. The first kappa shape index (κ1) is 67.8. The fraction of sp³-hybridized carbons (Fsp3) is 0.885. The molecule has 0 saturated carbocycles. The SMILES string of the molecule is CCCCC/C=C\C/C=C\CCCCCCCCCC(=O)OC(COC(=O)CCCCCCCCCCCCCCCCCCCCCCCCCCCCCC)COC(OCC[N+](C)(C)C)C(=O)[O-]. The Bertz CT molecular complexity index is 1200. The molecule has 0 spiro atoms. The summed E-state index contributed by atoms with van der Waals surface area (Å²) >= 11 is 0. The number of quaternary nitrogens is 1. The van der Waals surface area contributed by atoms with Crippen molar-refractivity contribution in [3.05, 3.63) is 24.3 Å². The summed E-state index contributed by atoms with van der Waals surface area (Å²) < 4.78 is 22.7.